The third-order valence-corrected chi connectivity index (χ3v) is 2.75. The Hall–Kier alpha value is -0.0800. The smallest absolute Gasteiger partial charge is 0.0226 e. The summed E-state index contributed by atoms with van der Waals surface area (Å²) >= 11 is 0. The summed E-state index contributed by atoms with van der Waals surface area (Å²) < 4.78 is 0. The van der Waals surface area contributed by atoms with Crippen molar-refractivity contribution < 1.29 is 0 Å². The molecule has 0 atom stereocenters. The molecule has 2 nitrogen and oxygen atoms in total. The fourth-order valence-corrected chi connectivity index (χ4v) is 1.79. The first kappa shape index (κ1) is 13.9. The summed E-state index contributed by atoms with van der Waals surface area (Å²) in [6.07, 6.45) is 2.55. The lowest BCUT2D eigenvalue weighted by Crippen LogP contribution is -2.46. The lowest BCUT2D eigenvalue weighted by Gasteiger charge is -2.31. The van der Waals surface area contributed by atoms with E-state index < -0.39 is 0 Å². The summed E-state index contributed by atoms with van der Waals surface area (Å²) in [5.74, 6) is 0.831. The minimum atomic E-state index is -0.0674. The van der Waals surface area contributed by atoms with E-state index in [9.17, 15) is 0 Å². The zero-order valence-electron chi connectivity index (χ0n) is 10.6. The number of rotatable bonds is 7. The molecule has 0 aliphatic rings. The number of nitrogens with zero attached hydrogens (tertiary/aromatic N) is 1. The van der Waals surface area contributed by atoms with Gasteiger partial charge in [0.25, 0.3) is 0 Å². The van der Waals surface area contributed by atoms with Crippen molar-refractivity contribution in [3.8, 4) is 0 Å². The van der Waals surface area contributed by atoms with Gasteiger partial charge in [0.1, 0.15) is 0 Å². The molecule has 2 heteroatoms. The Labute approximate surface area is 89.9 Å². The van der Waals surface area contributed by atoms with Gasteiger partial charge in [-0.1, -0.05) is 33.6 Å². The number of hydrogen-bond donors (Lipinski definition) is 1. The molecular weight excluding hydrogens is 172 g/mol. The summed E-state index contributed by atoms with van der Waals surface area (Å²) in [5.41, 5.74) is 5.96. The van der Waals surface area contributed by atoms with Gasteiger partial charge >= 0.3 is 0 Å². The summed E-state index contributed by atoms with van der Waals surface area (Å²) in [6.45, 7) is 14.3. The van der Waals surface area contributed by atoms with Crippen molar-refractivity contribution in [2.24, 2.45) is 11.7 Å². The molecule has 0 fully saturated rings. The van der Waals surface area contributed by atoms with Crippen molar-refractivity contribution >= 4 is 0 Å². The van der Waals surface area contributed by atoms with Crippen molar-refractivity contribution in [3.05, 3.63) is 0 Å². The molecule has 0 aliphatic carbocycles. The molecule has 0 spiro atoms. The average Bonchev–Trinajstić information content (AvgIpc) is 2.10. The molecule has 0 aromatic heterocycles. The van der Waals surface area contributed by atoms with Crippen LogP contribution in [0.4, 0.5) is 0 Å². The lowest BCUT2D eigenvalue weighted by atomic mass is 10.0. The highest BCUT2D eigenvalue weighted by Crippen LogP contribution is 2.11. The van der Waals surface area contributed by atoms with Crippen molar-refractivity contribution in [1.82, 2.24) is 4.90 Å². The predicted octanol–water partition coefficient (Wildman–Crippen LogP) is 2.48. The zero-order chi connectivity index (χ0) is 11.2. The van der Waals surface area contributed by atoms with Gasteiger partial charge in [0.05, 0.1) is 0 Å². The molecule has 0 rings (SSSR count). The highest BCUT2D eigenvalue weighted by atomic mass is 15.1. The Morgan fingerprint density at radius 1 is 1.14 bits per heavy atom. The zero-order valence-corrected chi connectivity index (χ0v) is 10.6. The van der Waals surface area contributed by atoms with Crippen LogP contribution >= 0.6 is 0 Å². The molecule has 0 saturated heterocycles. The summed E-state index contributed by atoms with van der Waals surface area (Å²) in [4.78, 5) is 2.47. The molecule has 0 radical (unpaired) electrons. The van der Waals surface area contributed by atoms with Crippen LogP contribution in [0.2, 0.25) is 0 Å². The monoisotopic (exact) mass is 200 g/mol. The van der Waals surface area contributed by atoms with Crippen molar-refractivity contribution in [3.63, 3.8) is 0 Å². The van der Waals surface area contributed by atoms with E-state index in [2.05, 4.69) is 39.5 Å². The van der Waals surface area contributed by atoms with Crippen LogP contribution < -0.4 is 5.73 Å². The van der Waals surface area contributed by atoms with Crippen LogP contribution in [-0.2, 0) is 0 Å². The first-order valence-electron chi connectivity index (χ1n) is 5.94. The molecule has 14 heavy (non-hydrogen) atoms. The second-order valence-electron chi connectivity index (χ2n) is 5.00. The van der Waals surface area contributed by atoms with Crippen LogP contribution in [0.5, 0.6) is 0 Å². The second kappa shape index (κ2) is 6.41. The maximum atomic E-state index is 6.03. The number of hydrogen-bond acceptors (Lipinski definition) is 2. The quantitative estimate of drug-likeness (QED) is 0.684. The molecule has 0 aromatic rings. The van der Waals surface area contributed by atoms with Gasteiger partial charge in [0.2, 0.25) is 0 Å². The van der Waals surface area contributed by atoms with Gasteiger partial charge in [0, 0.05) is 18.6 Å². The normalized spacial score (nSPS) is 12.9. The number of nitrogens with two attached hydrogens (primary N) is 1. The average molecular weight is 200 g/mol. The fraction of sp³-hybridized carbons (Fsp3) is 1.00. The molecule has 0 bridgehead atoms. The molecular formula is C12H28N2. The third kappa shape index (κ3) is 6.39. The maximum absolute atomic E-state index is 6.03. The summed E-state index contributed by atoms with van der Waals surface area (Å²) in [7, 11) is 0. The molecule has 0 aromatic carbocycles. The molecule has 0 saturated carbocycles. The van der Waals surface area contributed by atoms with E-state index in [1.807, 2.05) is 0 Å². The summed E-state index contributed by atoms with van der Waals surface area (Å²) in [6, 6.07) is 0. The van der Waals surface area contributed by atoms with Gasteiger partial charge in [-0.05, 0) is 26.3 Å². The standard InChI is InChI=1S/C12H28N2/c1-6-11(7-2)9-14(8-3)10-12(4,5)13/h11H,6-10,13H2,1-5H3. The topological polar surface area (TPSA) is 29.3 Å². The van der Waals surface area contributed by atoms with Gasteiger partial charge in [-0.2, -0.15) is 0 Å². The Bertz CT molecular complexity index is 134. The van der Waals surface area contributed by atoms with E-state index in [0.29, 0.717) is 0 Å². The van der Waals surface area contributed by atoms with Crippen molar-refractivity contribution in [1.29, 1.82) is 0 Å². The van der Waals surface area contributed by atoms with E-state index in [0.717, 1.165) is 19.0 Å². The highest BCUT2D eigenvalue weighted by Gasteiger charge is 2.17. The third-order valence-electron chi connectivity index (χ3n) is 2.75. The first-order valence-corrected chi connectivity index (χ1v) is 5.94. The Morgan fingerprint density at radius 3 is 1.93 bits per heavy atom. The molecule has 0 aliphatic heterocycles. The van der Waals surface area contributed by atoms with E-state index in [1.165, 1.54) is 19.4 Å². The fourth-order valence-electron chi connectivity index (χ4n) is 1.79. The Morgan fingerprint density at radius 2 is 1.64 bits per heavy atom. The molecule has 86 valence electrons. The van der Waals surface area contributed by atoms with E-state index in [1.54, 1.807) is 0 Å². The minimum absolute atomic E-state index is 0.0674. The van der Waals surface area contributed by atoms with Crippen LogP contribution in [0.3, 0.4) is 0 Å². The van der Waals surface area contributed by atoms with Gasteiger partial charge < -0.3 is 10.6 Å². The first-order chi connectivity index (χ1) is 6.42. The van der Waals surface area contributed by atoms with Crippen LogP contribution in [0.15, 0.2) is 0 Å². The van der Waals surface area contributed by atoms with E-state index in [4.69, 9.17) is 5.73 Å². The maximum Gasteiger partial charge on any atom is 0.0226 e. The Balaban J connectivity index is 4.01. The van der Waals surface area contributed by atoms with Crippen molar-refractivity contribution in [2.45, 2.75) is 53.0 Å². The van der Waals surface area contributed by atoms with Crippen LogP contribution in [-0.4, -0.2) is 30.1 Å². The largest absolute Gasteiger partial charge is 0.324 e. The van der Waals surface area contributed by atoms with Gasteiger partial charge in [-0.3, -0.25) is 0 Å². The molecule has 0 unspecified atom stereocenters. The van der Waals surface area contributed by atoms with Crippen LogP contribution in [0.1, 0.15) is 47.5 Å². The molecule has 2 N–H and O–H groups in total. The highest BCUT2D eigenvalue weighted by molar-refractivity contribution is 4.77. The van der Waals surface area contributed by atoms with Crippen LogP contribution in [0, 0.1) is 5.92 Å². The molecule has 0 heterocycles. The van der Waals surface area contributed by atoms with Gasteiger partial charge in [0.15, 0.2) is 0 Å². The van der Waals surface area contributed by atoms with Crippen molar-refractivity contribution in [2.75, 3.05) is 19.6 Å². The van der Waals surface area contributed by atoms with Gasteiger partial charge in [-0.15, -0.1) is 0 Å². The SMILES string of the molecule is CCC(CC)CN(CC)CC(C)(C)N. The number of likely N-dealkylation sites (N-methyl/N-ethyl adjacent to an activating group) is 1. The van der Waals surface area contributed by atoms with E-state index in [-0.39, 0.29) is 5.54 Å². The van der Waals surface area contributed by atoms with E-state index >= 15 is 0 Å². The lowest BCUT2D eigenvalue weighted by molar-refractivity contribution is 0.197. The second-order valence-corrected chi connectivity index (χ2v) is 5.00. The minimum Gasteiger partial charge on any atom is -0.324 e. The predicted molar refractivity (Wildman–Crippen MR) is 64.5 cm³/mol. The molecule has 0 amide bonds. The summed E-state index contributed by atoms with van der Waals surface area (Å²) in [5, 5.41) is 0. The Kier molecular flexibility index (Phi) is 6.38. The van der Waals surface area contributed by atoms with Crippen LogP contribution in [0.25, 0.3) is 0 Å². The van der Waals surface area contributed by atoms with Gasteiger partial charge in [-0.25, -0.2) is 0 Å².